The summed E-state index contributed by atoms with van der Waals surface area (Å²) in [5.74, 6) is -0.390. The third-order valence-electron chi connectivity index (χ3n) is 5.28. The monoisotopic (exact) mass is 426 g/mol. The summed E-state index contributed by atoms with van der Waals surface area (Å²) >= 11 is 3.44. The summed E-state index contributed by atoms with van der Waals surface area (Å²) in [7, 11) is 1.74. The molecule has 1 fully saturated rings. The van der Waals surface area contributed by atoms with E-state index < -0.39 is 31.3 Å². The summed E-state index contributed by atoms with van der Waals surface area (Å²) in [6.07, 6.45) is -4.21. The van der Waals surface area contributed by atoms with Crippen LogP contribution in [0.2, 0.25) is 0 Å². The lowest BCUT2D eigenvalue weighted by Crippen LogP contribution is -2.50. The zero-order valence-electron chi connectivity index (χ0n) is 16.2. The molecule has 2 heterocycles. The van der Waals surface area contributed by atoms with E-state index in [1.165, 1.54) is 4.90 Å². The lowest BCUT2D eigenvalue weighted by Gasteiger charge is -2.40. The van der Waals surface area contributed by atoms with Gasteiger partial charge in [-0.1, -0.05) is 46.3 Å². The largest absolute Gasteiger partial charge is 0.401 e. The van der Waals surface area contributed by atoms with E-state index in [-0.39, 0.29) is 12.3 Å². The van der Waals surface area contributed by atoms with Crippen LogP contribution in [-0.4, -0.2) is 37.7 Å². The number of alkyl halides is 3. The average Bonchev–Trinajstić information content (AvgIpc) is 3.03. The van der Waals surface area contributed by atoms with Crippen molar-refractivity contribution in [3.05, 3.63) is 64.1 Å². The minimum absolute atomic E-state index is 0.245. The molecule has 0 saturated carbocycles. The zero-order valence-corrected chi connectivity index (χ0v) is 15.8. The molecule has 2 aromatic carbocycles. The molecular formula is C20H20BrF3N2. The lowest BCUT2D eigenvalue weighted by molar-refractivity contribution is -0.155. The van der Waals surface area contributed by atoms with Crippen LogP contribution in [0, 0.1) is 0 Å². The van der Waals surface area contributed by atoms with Gasteiger partial charge in [0, 0.05) is 37.5 Å². The highest BCUT2D eigenvalue weighted by Crippen LogP contribution is 2.56. The molecule has 2 unspecified atom stereocenters. The van der Waals surface area contributed by atoms with Crippen molar-refractivity contribution in [1.29, 1.82) is 0 Å². The molecule has 1 spiro atoms. The summed E-state index contributed by atoms with van der Waals surface area (Å²) in [5, 5.41) is 0. The van der Waals surface area contributed by atoms with Crippen molar-refractivity contribution in [2.45, 2.75) is 24.1 Å². The predicted octanol–water partition coefficient (Wildman–Crippen LogP) is 5.15. The predicted molar refractivity (Wildman–Crippen MR) is 101 cm³/mol. The number of benzene rings is 2. The van der Waals surface area contributed by atoms with Gasteiger partial charge in [-0.2, -0.15) is 13.2 Å². The molecule has 2 nitrogen and oxygen atoms in total. The summed E-state index contributed by atoms with van der Waals surface area (Å²) in [6, 6.07) is 14.8. The van der Waals surface area contributed by atoms with Crippen molar-refractivity contribution in [2.24, 2.45) is 0 Å². The Kier molecular flexibility index (Phi) is 3.74. The van der Waals surface area contributed by atoms with Gasteiger partial charge in [-0.15, -0.1) is 0 Å². The summed E-state index contributed by atoms with van der Waals surface area (Å²) in [6.45, 7) is -3.21. The van der Waals surface area contributed by atoms with Crippen LogP contribution in [0.5, 0.6) is 0 Å². The first-order chi connectivity index (χ1) is 13.2. The Morgan fingerprint density at radius 2 is 1.96 bits per heavy atom. The third kappa shape index (κ3) is 2.83. The smallest absolute Gasteiger partial charge is 0.372 e. The second kappa shape index (κ2) is 6.27. The van der Waals surface area contributed by atoms with E-state index in [2.05, 4.69) is 15.9 Å². The van der Waals surface area contributed by atoms with E-state index in [1.54, 1.807) is 11.9 Å². The molecule has 4 atom stereocenters. The van der Waals surface area contributed by atoms with Crippen molar-refractivity contribution < 1.29 is 15.9 Å². The van der Waals surface area contributed by atoms with Gasteiger partial charge < -0.3 is 4.90 Å². The molecule has 2 aliphatic rings. The Morgan fingerprint density at radius 1 is 1.23 bits per heavy atom. The van der Waals surface area contributed by atoms with Crippen molar-refractivity contribution in [1.82, 2.24) is 4.90 Å². The standard InChI is InChI=1S/C20H20BrF3N2/c1-25-12-19(17-11-15(21)7-8-18(17)25)16(14-5-3-2-4-6-14)9-10-26(19)13-20(22,23)24/h2-8,11,16H,9-10,12-13H2,1H3/t16-,19+/m1/s1/i10D,12D/t10?,12?,16-,19+. The van der Waals surface area contributed by atoms with Gasteiger partial charge in [0.05, 0.1) is 13.5 Å². The van der Waals surface area contributed by atoms with Crippen LogP contribution >= 0.6 is 15.9 Å². The maximum Gasteiger partial charge on any atom is 0.401 e. The molecule has 2 aromatic rings. The molecule has 4 rings (SSSR count). The van der Waals surface area contributed by atoms with Crippen LogP contribution < -0.4 is 4.90 Å². The molecule has 26 heavy (non-hydrogen) atoms. The fraction of sp³-hybridized carbons (Fsp3) is 0.400. The van der Waals surface area contributed by atoms with Crippen LogP contribution in [0.15, 0.2) is 53.0 Å². The molecule has 0 bridgehead atoms. The number of hydrogen-bond donors (Lipinski definition) is 0. The van der Waals surface area contributed by atoms with Gasteiger partial charge in [0.1, 0.15) is 0 Å². The van der Waals surface area contributed by atoms with Gasteiger partial charge in [-0.05, 0) is 35.7 Å². The van der Waals surface area contributed by atoms with Crippen LogP contribution in [-0.2, 0) is 5.54 Å². The Labute approximate surface area is 162 Å². The number of anilines is 1. The number of likely N-dealkylation sites (tertiary alicyclic amines) is 1. The van der Waals surface area contributed by atoms with E-state index in [1.807, 2.05) is 48.5 Å². The first-order valence-electron chi connectivity index (χ1n) is 9.57. The summed E-state index contributed by atoms with van der Waals surface area (Å²) in [4.78, 5) is 2.91. The number of likely N-dealkylation sites (N-methyl/N-ethyl adjacent to an activating group) is 1. The molecule has 0 aliphatic carbocycles. The van der Waals surface area contributed by atoms with Gasteiger partial charge in [0.15, 0.2) is 0 Å². The van der Waals surface area contributed by atoms with Gasteiger partial charge >= 0.3 is 6.18 Å². The van der Waals surface area contributed by atoms with Crippen molar-refractivity contribution in [2.75, 3.05) is 31.5 Å². The molecule has 6 heteroatoms. The molecule has 2 aliphatic heterocycles. The Morgan fingerprint density at radius 3 is 2.65 bits per heavy atom. The number of halogens is 4. The van der Waals surface area contributed by atoms with Crippen LogP contribution in [0.1, 0.15) is 26.2 Å². The van der Waals surface area contributed by atoms with Gasteiger partial charge in [0.2, 0.25) is 0 Å². The maximum absolute atomic E-state index is 13.5. The van der Waals surface area contributed by atoms with Crippen molar-refractivity contribution in [3.8, 4) is 0 Å². The molecular weight excluding hydrogens is 405 g/mol. The SMILES string of the molecule is [2H]C1C[C@H](c2ccccc2)[C@@]2(c3cc(Br)ccc3N(C)C2[2H])N1CC(F)(F)F. The Bertz CT molecular complexity index is 879. The number of hydrogen-bond acceptors (Lipinski definition) is 2. The van der Waals surface area contributed by atoms with E-state index >= 15 is 0 Å². The van der Waals surface area contributed by atoms with Crippen LogP contribution in [0.25, 0.3) is 0 Å². The lowest BCUT2D eigenvalue weighted by atomic mass is 9.76. The number of rotatable bonds is 2. The molecule has 0 aromatic heterocycles. The molecule has 138 valence electrons. The van der Waals surface area contributed by atoms with Crippen molar-refractivity contribution >= 4 is 21.6 Å². The molecule has 1 saturated heterocycles. The van der Waals surface area contributed by atoms with Crippen LogP contribution in [0.3, 0.4) is 0 Å². The van der Waals surface area contributed by atoms with E-state index in [9.17, 15) is 13.2 Å². The fourth-order valence-corrected chi connectivity index (χ4v) is 4.67. The van der Waals surface area contributed by atoms with E-state index in [0.29, 0.717) is 5.56 Å². The second-order valence-electron chi connectivity index (χ2n) is 6.85. The Balaban J connectivity index is 1.98. The highest BCUT2D eigenvalue weighted by molar-refractivity contribution is 9.10. The minimum atomic E-state index is -4.45. The third-order valence-corrected chi connectivity index (χ3v) is 5.77. The highest BCUT2D eigenvalue weighted by atomic mass is 79.9. The van der Waals surface area contributed by atoms with Gasteiger partial charge in [-0.25, -0.2) is 0 Å². The van der Waals surface area contributed by atoms with Gasteiger partial charge in [-0.3, -0.25) is 4.90 Å². The Hall–Kier alpha value is -1.53. The first kappa shape index (κ1) is 15.5. The fourth-order valence-electron chi connectivity index (χ4n) is 4.31. The average molecular weight is 427 g/mol. The second-order valence-corrected chi connectivity index (χ2v) is 7.77. The van der Waals surface area contributed by atoms with Crippen molar-refractivity contribution in [3.63, 3.8) is 0 Å². The summed E-state index contributed by atoms with van der Waals surface area (Å²) in [5.41, 5.74) is 1.03. The number of fused-ring (bicyclic) bond motifs is 2. The topological polar surface area (TPSA) is 6.48 Å². The highest BCUT2D eigenvalue weighted by Gasteiger charge is 2.57. The van der Waals surface area contributed by atoms with E-state index in [4.69, 9.17) is 2.74 Å². The van der Waals surface area contributed by atoms with E-state index in [0.717, 1.165) is 15.7 Å². The quantitative estimate of drug-likeness (QED) is 0.655. The molecule has 0 radical (unpaired) electrons. The van der Waals surface area contributed by atoms with Gasteiger partial charge in [0.25, 0.3) is 0 Å². The minimum Gasteiger partial charge on any atom is -0.372 e. The first-order valence-corrected chi connectivity index (χ1v) is 9.21. The zero-order chi connectivity index (χ0) is 20.3. The molecule has 0 N–H and O–H groups in total. The molecule has 0 amide bonds. The summed E-state index contributed by atoms with van der Waals surface area (Å²) < 4.78 is 58.8. The maximum atomic E-state index is 13.5. The normalized spacial score (nSPS) is 32.7. The van der Waals surface area contributed by atoms with Crippen LogP contribution in [0.4, 0.5) is 18.9 Å². The number of nitrogens with zero attached hydrogens (tertiary/aromatic N) is 2.